The minimum Gasteiger partial charge on any atom is -0.452 e. The average Bonchev–Trinajstić information content (AvgIpc) is 3.24. The van der Waals surface area contributed by atoms with Crippen LogP contribution in [-0.4, -0.2) is 40.9 Å². The minimum atomic E-state index is -0.558. The van der Waals surface area contributed by atoms with Gasteiger partial charge in [0.25, 0.3) is 5.91 Å². The molecule has 1 aliphatic rings. The molecule has 3 rings (SSSR count). The van der Waals surface area contributed by atoms with Crippen molar-refractivity contribution in [2.24, 2.45) is 4.99 Å². The van der Waals surface area contributed by atoms with E-state index >= 15 is 0 Å². The number of nitrogens with zero attached hydrogens (tertiary/aromatic N) is 1. The van der Waals surface area contributed by atoms with E-state index in [1.54, 1.807) is 59.9 Å². The van der Waals surface area contributed by atoms with E-state index in [1.807, 2.05) is 12.1 Å². The molecule has 29 heavy (non-hydrogen) atoms. The number of rotatable bonds is 7. The number of hydrogen-bond acceptors (Lipinski definition) is 7. The largest absolute Gasteiger partial charge is 0.452 e. The fourth-order valence-corrected chi connectivity index (χ4v) is 4.70. The van der Waals surface area contributed by atoms with Crippen LogP contribution in [-0.2, 0) is 15.3 Å². The van der Waals surface area contributed by atoms with Gasteiger partial charge < -0.3 is 10.1 Å². The third-order valence-electron chi connectivity index (χ3n) is 4.06. The molecule has 1 aliphatic heterocycles. The summed E-state index contributed by atoms with van der Waals surface area (Å²) in [6, 6.07) is 13.9. The van der Waals surface area contributed by atoms with Crippen molar-refractivity contribution in [3.8, 4) is 0 Å². The van der Waals surface area contributed by atoms with Crippen LogP contribution in [0.5, 0.6) is 0 Å². The summed E-state index contributed by atoms with van der Waals surface area (Å²) in [5.41, 5.74) is 2.07. The summed E-state index contributed by atoms with van der Waals surface area (Å²) in [5, 5.41) is 2.62. The fourth-order valence-electron chi connectivity index (χ4n) is 2.68. The van der Waals surface area contributed by atoms with Gasteiger partial charge in [-0.2, -0.15) is 0 Å². The average molecular weight is 429 g/mol. The van der Waals surface area contributed by atoms with Gasteiger partial charge in [0, 0.05) is 17.1 Å². The van der Waals surface area contributed by atoms with Crippen LogP contribution >= 0.6 is 23.5 Å². The van der Waals surface area contributed by atoms with Crippen molar-refractivity contribution >= 4 is 51.2 Å². The van der Waals surface area contributed by atoms with Crippen molar-refractivity contribution in [2.45, 2.75) is 12.7 Å². The van der Waals surface area contributed by atoms with Crippen LogP contribution in [0, 0.1) is 0 Å². The number of amides is 1. The zero-order chi connectivity index (χ0) is 20.6. The van der Waals surface area contributed by atoms with Gasteiger partial charge in [-0.05, 0) is 30.7 Å². The maximum Gasteiger partial charge on any atom is 0.338 e. The third-order valence-corrected chi connectivity index (χ3v) is 6.36. The summed E-state index contributed by atoms with van der Waals surface area (Å²) < 4.78 is 6.22. The SMILES string of the molecule is CC(=O)c1ccccc1NC(=O)COC(=O)c1ccccc1CSC1=NCCS1. The predicted octanol–water partition coefficient (Wildman–Crippen LogP) is 4.02. The van der Waals surface area contributed by atoms with Gasteiger partial charge in [-0.15, -0.1) is 0 Å². The van der Waals surface area contributed by atoms with Gasteiger partial charge in [0.2, 0.25) is 0 Å². The molecule has 1 heterocycles. The molecule has 2 aromatic carbocycles. The Morgan fingerprint density at radius 2 is 1.83 bits per heavy atom. The van der Waals surface area contributed by atoms with Crippen LogP contribution in [0.3, 0.4) is 0 Å². The Balaban J connectivity index is 1.58. The molecule has 0 saturated carbocycles. The fraction of sp³-hybridized carbons (Fsp3) is 0.238. The van der Waals surface area contributed by atoms with Gasteiger partial charge in [0.1, 0.15) is 4.38 Å². The van der Waals surface area contributed by atoms with Gasteiger partial charge >= 0.3 is 5.97 Å². The third kappa shape index (κ3) is 5.95. The highest BCUT2D eigenvalue weighted by atomic mass is 32.2. The Morgan fingerprint density at radius 1 is 1.10 bits per heavy atom. The van der Waals surface area contributed by atoms with E-state index in [2.05, 4.69) is 10.3 Å². The molecule has 6 nitrogen and oxygen atoms in total. The van der Waals surface area contributed by atoms with Crippen LogP contribution in [0.25, 0.3) is 0 Å². The molecule has 0 bridgehead atoms. The zero-order valence-electron chi connectivity index (χ0n) is 15.8. The lowest BCUT2D eigenvalue weighted by atomic mass is 10.1. The van der Waals surface area contributed by atoms with Crippen LogP contribution in [0.15, 0.2) is 53.5 Å². The normalized spacial score (nSPS) is 12.9. The number of carbonyl (C=O) groups excluding carboxylic acids is 3. The highest BCUT2D eigenvalue weighted by Crippen LogP contribution is 2.26. The molecule has 0 unspecified atom stereocenters. The summed E-state index contributed by atoms with van der Waals surface area (Å²) in [5.74, 6) is 0.380. The molecule has 2 aromatic rings. The lowest BCUT2D eigenvalue weighted by Crippen LogP contribution is -2.22. The minimum absolute atomic E-state index is 0.158. The van der Waals surface area contributed by atoms with Crippen LogP contribution < -0.4 is 5.32 Å². The van der Waals surface area contributed by atoms with Crippen molar-refractivity contribution in [1.82, 2.24) is 0 Å². The Hall–Kier alpha value is -2.58. The first kappa shape index (κ1) is 21.1. The highest BCUT2D eigenvalue weighted by Gasteiger charge is 2.17. The van der Waals surface area contributed by atoms with E-state index in [4.69, 9.17) is 4.74 Å². The zero-order valence-corrected chi connectivity index (χ0v) is 17.5. The lowest BCUT2D eigenvalue weighted by molar-refractivity contribution is -0.119. The molecule has 0 spiro atoms. The highest BCUT2D eigenvalue weighted by molar-refractivity contribution is 8.38. The maximum atomic E-state index is 12.5. The first-order valence-corrected chi connectivity index (χ1v) is 11.0. The quantitative estimate of drug-likeness (QED) is 0.530. The lowest BCUT2D eigenvalue weighted by Gasteiger charge is -2.11. The van der Waals surface area contributed by atoms with E-state index in [9.17, 15) is 14.4 Å². The van der Waals surface area contributed by atoms with E-state index < -0.39 is 18.5 Å². The van der Waals surface area contributed by atoms with Crippen molar-refractivity contribution in [3.05, 3.63) is 65.2 Å². The summed E-state index contributed by atoms with van der Waals surface area (Å²) >= 11 is 3.31. The Labute approximate surface area is 177 Å². The van der Waals surface area contributed by atoms with Crippen molar-refractivity contribution in [2.75, 3.05) is 24.2 Å². The molecule has 0 fully saturated rings. The van der Waals surface area contributed by atoms with E-state index in [0.717, 1.165) is 22.2 Å². The monoisotopic (exact) mass is 428 g/mol. The molecule has 8 heteroatoms. The molecular weight excluding hydrogens is 408 g/mol. The second kappa shape index (κ2) is 10.3. The van der Waals surface area contributed by atoms with E-state index in [-0.39, 0.29) is 5.78 Å². The number of nitrogens with one attached hydrogen (secondary N) is 1. The molecule has 0 atom stereocenters. The topological polar surface area (TPSA) is 84.8 Å². The van der Waals surface area contributed by atoms with Gasteiger partial charge in [0.05, 0.1) is 17.8 Å². The number of esters is 1. The maximum absolute atomic E-state index is 12.5. The van der Waals surface area contributed by atoms with Gasteiger partial charge in [-0.3, -0.25) is 14.6 Å². The van der Waals surface area contributed by atoms with Crippen LogP contribution in [0.1, 0.15) is 33.2 Å². The standard InChI is InChI=1S/C21H20N2O4S2/c1-14(24)16-7-4-5-9-18(16)23-19(25)12-27-20(26)17-8-3-2-6-15(17)13-29-21-22-10-11-28-21/h2-9H,10-13H2,1H3,(H,23,25). The number of ether oxygens (including phenoxy) is 1. The molecule has 0 aliphatic carbocycles. The summed E-state index contributed by atoms with van der Waals surface area (Å²) in [4.78, 5) is 40.7. The Kier molecular flexibility index (Phi) is 7.48. The molecule has 0 saturated heterocycles. The Bertz CT molecular complexity index is 959. The van der Waals surface area contributed by atoms with Crippen molar-refractivity contribution < 1.29 is 19.1 Å². The van der Waals surface area contributed by atoms with Gasteiger partial charge in [0.15, 0.2) is 12.4 Å². The molecule has 0 aromatic heterocycles. The number of anilines is 1. The number of benzene rings is 2. The Morgan fingerprint density at radius 3 is 2.55 bits per heavy atom. The molecule has 0 radical (unpaired) electrons. The van der Waals surface area contributed by atoms with Crippen LogP contribution in [0.4, 0.5) is 5.69 Å². The number of hydrogen-bond donors (Lipinski definition) is 1. The first-order chi connectivity index (χ1) is 14.0. The van der Waals surface area contributed by atoms with Crippen LogP contribution in [0.2, 0.25) is 0 Å². The molecule has 1 N–H and O–H groups in total. The predicted molar refractivity (Wildman–Crippen MR) is 118 cm³/mol. The summed E-state index contributed by atoms with van der Waals surface area (Å²) in [6.45, 7) is 1.82. The van der Waals surface area contributed by atoms with Crippen molar-refractivity contribution in [1.29, 1.82) is 0 Å². The molecule has 1 amide bonds. The molecule has 150 valence electrons. The number of aliphatic imine (C=N–C) groups is 1. The summed E-state index contributed by atoms with van der Waals surface area (Å²) in [6.07, 6.45) is 0. The van der Waals surface area contributed by atoms with E-state index in [1.165, 1.54) is 6.92 Å². The number of carbonyl (C=O) groups is 3. The van der Waals surface area contributed by atoms with Gasteiger partial charge in [-0.1, -0.05) is 53.9 Å². The van der Waals surface area contributed by atoms with Crippen molar-refractivity contribution in [3.63, 3.8) is 0 Å². The van der Waals surface area contributed by atoms with Gasteiger partial charge in [-0.25, -0.2) is 4.79 Å². The summed E-state index contributed by atoms with van der Waals surface area (Å²) in [7, 11) is 0. The number of Topliss-reactive ketones (excluding diaryl/α,β-unsaturated/α-hetero) is 1. The number of ketones is 1. The number of para-hydroxylation sites is 1. The first-order valence-electron chi connectivity index (χ1n) is 8.99. The van der Waals surface area contributed by atoms with E-state index in [0.29, 0.717) is 22.6 Å². The second-order valence-electron chi connectivity index (χ2n) is 6.17. The smallest absolute Gasteiger partial charge is 0.338 e. The number of thioether (sulfide) groups is 2. The molecular formula is C21H20N2O4S2. The second-order valence-corrected chi connectivity index (χ2v) is 8.47.